The van der Waals surface area contributed by atoms with Gasteiger partial charge in [0.05, 0.1) is 13.2 Å². The molecule has 0 spiro atoms. The molecule has 0 unspecified atom stereocenters. The molecule has 1 aromatic rings. The van der Waals surface area contributed by atoms with E-state index in [4.69, 9.17) is 11.6 Å². The Morgan fingerprint density at radius 2 is 2.00 bits per heavy atom. The molecule has 0 aliphatic heterocycles. The van der Waals surface area contributed by atoms with Crippen molar-refractivity contribution < 1.29 is 9.78 Å². The highest BCUT2D eigenvalue weighted by Crippen LogP contribution is 2.30. The highest BCUT2D eigenvalue weighted by Gasteiger charge is 2.16. The van der Waals surface area contributed by atoms with Gasteiger partial charge in [-0.15, -0.1) is 0 Å². The molecule has 88 valence electrons. The third kappa shape index (κ3) is 3.51. The van der Waals surface area contributed by atoms with Gasteiger partial charge in [0, 0.05) is 5.02 Å². The van der Waals surface area contributed by atoms with E-state index < -0.39 is 0 Å². The molecule has 0 amide bonds. The molecule has 0 bridgehead atoms. The largest absolute Gasteiger partial charge is 0.326 e. The number of hydrogen-bond donors (Lipinski definition) is 0. The molecule has 0 aliphatic carbocycles. The van der Waals surface area contributed by atoms with E-state index in [-0.39, 0.29) is 6.04 Å². The van der Waals surface area contributed by atoms with Crippen LogP contribution in [0, 0.1) is 5.92 Å². The standard InChI is InChI=1S/C12H16ClNO2/c1-9(2)12(14-8-16-15-3)10-6-4-5-7-11(10)13/h4-9,12H,1-3H3/t12-/m0/s1. The van der Waals surface area contributed by atoms with Crippen molar-refractivity contribution in [3.63, 3.8) is 0 Å². The number of halogens is 1. The molecule has 1 atom stereocenters. The molecule has 1 rings (SSSR count). The Morgan fingerprint density at radius 3 is 2.56 bits per heavy atom. The summed E-state index contributed by atoms with van der Waals surface area (Å²) in [6.45, 7) is 4.16. The first-order valence-corrected chi connectivity index (χ1v) is 5.50. The van der Waals surface area contributed by atoms with Crippen LogP contribution < -0.4 is 0 Å². The third-order valence-electron chi connectivity index (χ3n) is 2.22. The van der Waals surface area contributed by atoms with Crippen LogP contribution in [0.1, 0.15) is 25.5 Å². The van der Waals surface area contributed by atoms with Gasteiger partial charge in [-0.25, -0.2) is 4.99 Å². The molecule has 0 heterocycles. The van der Waals surface area contributed by atoms with E-state index in [1.54, 1.807) is 0 Å². The van der Waals surface area contributed by atoms with Gasteiger partial charge >= 0.3 is 0 Å². The second-order valence-electron chi connectivity index (χ2n) is 3.73. The fourth-order valence-corrected chi connectivity index (χ4v) is 1.71. The van der Waals surface area contributed by atoms with Gasteiger partial charge < -0.3 is 4.89 Å². The minimum Gasteiger partial charge on any atom is -0.326 e. The second-order valence-corrected chi connectivity index (χ2v) is 4.13. The molecule has 0 N–H and O–H groups in total. The summed E-state index contributed by atoms with van der Waals surface area (Å²) >= 11 is 6.13. The van der Waals surface area contributed by atoms with Gasteiger partial charge in [-0.2, -0.15) is 4.89 Å². The Morgan fingerprint density at radius 1 is 1.31 bits per heavy atom. The van der Waals surface area contributed by atoms with Crippen molar-refractivity contribution >= 4 is 18.0 Å². The molecule has 3 nitrogen and oxygen atoms in total. The van der Waals surface area contributed by atoms with E-state index in [0.717, 1.165) is 10.6 Å². The molecule has 16 heavy (non-hydrogen) atoms. The highest BCUT2D eigenvalue weighted by molar-refractivity contribution is 6.31. The zero-order valence-corrected chi connectivity index (χ0v) is 10.4. The molecule has 0 aromatic heterocycles. The smallest absolute Gasteiger partial charge is 0.215 e. The van der Waals surface area contributed by atoms with Gasteiger partial charge in [-0.05, 0) is 17.5 Å². The minimum atomic E-state index is -0.0242. The van der Waals surface area contributed by atoms with E-state index in [9.17, 15) is 0 Å². The Hall–Kier alpha value is -1.06. The zero-order chi connectivity index (χ0) is 12.0. The molecule has 0 saturated heterocycles. The van der Waals surface area contributed by atoms with Crippen molar-refractivity contribution in [2.75, 3.05) is 7.11 Å². The van der Waals surface area contributed by atoms with Crippen LogP contribution in [0.3, 0.4) is 0 Å². The van der Waals surface area contributed by atoms with E-state index in [2.05, 4.69) is 28.6 Å². The number of benzene rings is 1. The fraction of sp³-hybridized carbons (Fsp3) is 0.417. The maximum atomic E-state index is 6.13. The molecule has 4 heteroatoms. The molecule has 0 radical (unpaired) electrons. The molecule has 0 fully saturated rings. The summed E-state index contributed by atoms with van der Waals surface area (Å²) in [5, 5.41) is 0.718. The summed E-state index contributed by atoms with van der Waals surface area (Å²) in [7, 11) is 1.44. The first kappa shape index (κ1) is 13.0. The Balaban J connectivity index is 2.90. The second kappa shape index (κ2) is 6.51. The summed E-state index contributed by atoms with van der Waals surface area (Å²) < 4.78 is 0. The predicted molar refractivity (Wildman–Crippen MR) is 65.6 cm³/mol. The Bertz CT molecular complexity index is 353. The Labute approximate surface area is 101 Å². The molecule has 1 aromatic carbocycles. The molecular weight excluding hydrogens is 226 g/mol. The van der Waals surface area contributed by atoms with Crippen molar-refractivity contribution in [3.05, 3.63) is 34.9 Å². The predicted octanol–water partition coefficient (Wildman–Crippen LogP) is 3.64. The quantitative estimate of drug-likeness (QED) is 0.341. The van der Waals surface area contributed by atoms with Crippen molar-refractivity contribution in [2.24, 2.45) is 10.9 Å². The monoisotopic (exact) mass is 241 g/mol. The van der Waals surface area contributed by atoms with E-state index in [0.29, 0.717) is 5.92 Å². The SMILES string of the molecule is COOC=N[C@H](c1ccccc1Cl)C(C)C. The lowest BCUT2D eigenvalue weighted by Gasteiger charge is -2.17. The van der Waals surface area contributed by atoms with Crippen LogP contribution in [0.25, 0.3) is 0 Å². The van der Waals surface area contributed by atoms with Crippen LogP contribution in [0.15, 0.2) is 29.3 Å². The van der Waals surface area contributed by atoms with Gasteiger partial charge in [0.25, 0.3) is 0 Å². The summed E-state index contributed by atoms with van der Waals surface area (Å²) in [5.74, 6) is 0.330. The summed E-state index contributed by atoms with van der Waals surface area (Å²) in [6, 6.07) is 7.65. The van der Waals surface area contributed by atoms with Crippen LogP contribution in [-0.2, 0) is 9.78 Å². The fourth-order valence-electron chi connectivity index (χ4n) is 1.46. The van der Waals surface area contributed by atoms with Crippen LogP contribution in [0.5, 0.6) is 0 Å². The Kier molecular flexibility index (Phi) is 5.29. The van der Waals surface area contributed by atoms with Crippen LogP contribution in [-0.4, -0.2) is 13.5 Å². The summed E-state index contributed by atoms with van der Waals surface area (Å²) in [5.41, 5.74) is 0.995. The number of aliphatic imine (C=N–C) groups is 1. The summed E-state index contributed by atoms with van der Waals surface area (Å²) in [6.07, 6.45) is 1.30. The van der Waals surface area contributed by atoms with Gasteiger partial charge in [-0.3, -0.25) is 0 Å². The number of rotatable bonds is 5. The number of hydrogen-bond acceptors (Lipinski definition) is 3. The molecular formula is C12H16ClNO2. The van der Waals surface area contributed by atoms with E-state index >= 15 is 0 Å². The third-order valence-corrected chi connectivity index (χ3v) is 2.56. The average Bonchev–Trinajstić information content (AvgIpc) is 2.25. The topological polar surface area (TPSA) is 30.8 Å². The lowest BCUT2D eigenvalue weighted by molar-refractivity contribution is -0.188. The maximum absolute atomic E-state index is 6.13. The lowest BCUT2D eigenvalue weighted by atomic mass is 9.97. The lowest BCUT2D eigenvalue weighted by Crippen LogP contribution is -2.05. The van der Waals surface area contributed by atoms with Crippen LogP contribution in [0.4, 0.5) is 0 Å². The van der Waals surface area contributed by atoms with Gasteiger partial charge in [-0.1, -0.05) is 43.6 Å². The van der Waals surface area contributed by atoms with Gasteiger partial charge in [0.2, 0.25) is 6.40 Å². The highest BCUT2D eigenvalue weighted by atomic mass is 35.5. The first-order chi connectivity index (χ1) is 7.66. The number of nitrogens with zero attached hydrogens (tertiary/aromatic N) is 1. The van der Waals surface area contributed by atoms with Crippen LogP contribution >= 0.6 is 11.6 Å². The zero-order valence-electron chi connectivity index (χ0n) is 9.68. The first-order valence-electron chi connectivity index (χ1n) is 5.12. The summed E-state index contributed by atoms with van der Waals surface area (Å²) in [4.78, 5) is 13.4. The van der Waals surface area contributed by atoms with Crippen molar-refractivity contribution in [3.8, 4) is 0 Å². The van der Waals surface area contributed by atoms with Crippen molar-refractivity contribution in [1.29, 1.82) is 0 Å². The van der Waals surface area contributed by atoms with Gasteiger partial charge in [0.15, 0.2) is 0 Å². The van der Waals surface area contributed by atoms with Crippen molar-refractivity contribution in [2.45, 2.75) is 19.9 Å². The van der Waals surface area contributed by atoms with E-state index in [1.165, 1.54) is 13.5 Å². The van der Waals surface area contributed by atoms with Gasteiger partial charge in [0.1, 0.15) is 0 Å². The van der Waals surface area contributed by atoms with Crippen LogP contribution in [0.2, 0.25) is 5.02 Å². The minimum absolute atomic E-state index is 0.0242. The van der Waals surface area contributed by atoms with Crippen molar-refractivity contribution in [1.82, 2.24) is 0 Å². The van der Waals surface area contributed by atoms with E-state index in [1.807, 2.05) is 24.3 Å². The average molecular weight is 242 g/mol. The molecule has 0 aliphatic rings. The molecule has 0 saturated carbocycles. The normalized spacial score (nSPS) is 13.3. The maximum Gasteiger partial charge on any atom is 0.215 e.